The lowest BCUT2D eigenvalue weighted by atomic mass is 9.82. The number of nitrogens with zero attached hydrogens (tertiary/aromatic N) is 1. The van der Waals surface area contributed by atoms with Crippen LogP contribution in [0.1, 0.15) is 40.0 Å². The van der Waals surface area contributed by atoms with Gasteiger partial charge in [0.1, 0.15) is 0 Å². The number of hydrogen-bond acceptors (Lipinski definition) is 2. The first-order chi connectivity index (χ1) is 6.64. The van der Waals surface area contributed by atoms with Crippen molar-refractivity contribution in [3.63, 3.8) is 0 Å². The van der Waals surface area contributed by atoms with Gasteiger partial charge in [-0.15, -0.1) is 0 Å². The molecular formula is C12H25NO. The van der Waals surface area contributed by atoms with Crippen LogP contribution in [-0.4, -0.2) is 37.2 Å². The maximum atomic E-state index is 5.78. The molecule has 2 heteroatoms. The standard InChI is InChI=1S/C12H25NO/c1-5-8-13-9-6-7-12(10-13,14-4)11(2)3/h11H,5-10H2,1-4H3. The highest BCUT2D eigenvalue weighted by atomic mass is 16.5. The van der Waals surface area contributed by atoms with Crippen LogP contribution in [0, 0.1) is 5.92 Å². The number of rotatable bonds is 4. The highest BCUT2D eigenvalue weighted by Gasteiger charge is 2.37. The molecule has 0 amide bonds. The minimum atomic E-state index is 0.118. The third-order valence-electron chi connectivity index (χ3n) is 3.56. The van der Waals surface area contributed by atoms with E-state index in [0.717, 1.165) is 6.54 Å². The Morgan fingerprint density at radius 3 is 2.64 bits per heavy atom. The summed E-state index contributed by atoms with van der Waals surface area (Å²) in [5.41, 5.74) is 0.118. The van der Waals surface area contributed by atoms with Crippen LogP contribution in [0.15, 0.2) is 0 Å². The van der Waals surface area contributed by atoms with E-state index < -0.39 is 0 Å². The molecule has 1 aliphatic heterocycles. The molecule has 0 aromatic heterocycles. The number of hydrogen-bond donors (Lipinski definition) is 0. The Hall–Kier alpha value is -0.0800. The van der Waals surface area contributed by atoms with Gasteiger partial charge in [0.15, 0.2) is 0 Å². The molecule has 14 heavy (non-hydrogen) atoms. The molecule has 84 valence electrons. The van der Waals surface area contributed by atoms with Gasteiger partial charge >= 0.3 is 0 Å². The second-order valence-electron chi connectivity index (χ2n) is 4.80. The molecule has 0 radical (unpaired) electrons. The molecule has 2 nitrogen and oxygen atoms in total. The van der Waals surface area contributed by atoms with Crippen LogP contribution >= 0.6 is 0 Å². The van der Waals surface area contributed by atoms with E-state index in [0.29, 0.717) is 5.92 Å². The van der Waals surface area contributed by atoms with Crippen molar-refractivity contribution in [3.8, 4) is 0 Å². The van der Waals surface area contributed by atoms with Crippen LogP contribution in [0.3, 0.4) is 0 Å². The van der Waals surface area contributed by atoms with E-state index in [1.54, 1.807) is 0 Å². The second kappa shape index (κ2) is 5.13. The van der Waals surface area contributed by atoms with Gasteiger partial charge in [0, 0.05) is 13.7 Å². The Labute approximate surface area is 88.6 Å². The van der Waals surface area contributed by atoms with Gasteiger partial charge in [-0.3, -0.25) is 0 Å². The third-order valence-corrected chi connectivity index (χ3v) is 3.56. The molecule has 1 heterocycles. The lowest BCUT2D eigenvalue weighted by Crippen LogP contribution is -2.52. The van der Waals surface area contributed by atoms with Gasteiger partial charge in [-0.2, -0.15) is 0 Å². The van der Waals surface area contributed by atoms with E-state index in [9.17, 15) is 0 Å². The van der Waals surface area contributed by atoms with E-state index in [4.69, 9.17) is 4.74 Å². The maximum absolute atomic E-state index is 5.78. The van der Waals surface area contributed by atoms with Crippen LogP contribution in [0.4, 0.5) is 0 Å². The molecule has 0 saturated carbocycles. The smallest absolute Gasteiger partial charge is 0.0828 e. The van der Waals surface area contributed by atoms with Crippen LogP contribution in [0.2, 0.25) is 0 Å². The second-order valence-corrected chi connectivity index (χ2v) is 4.80. The van der Waals surface area contributed by atoms with Crippen molar-refractivity contribution in [2.75, 3.05) is 26.7 Å². The number of likely N-dealkylation sites (tertiary alicyclic amines) is 1. The molecule has 0 aromatic carbocycles. The van der Waals surface area contributed by atoms with Gasteiger partial charge in [0.05, 0.1) is 5.60 Å². The van der Waals surface area contributed by atoms with Gasteiger partial charge < -0.3 is 9.64 Å². The first kappa shape index (κ1) is 12.0. The highest BCUT2D eigenvalue weighted by Crippen LogP contribution is 2.31. The van der Waals surface area contributed by atoms with Crippen molar-refractivity contribution >= 4 is 0 Å². The topological polar surface area (TPSA) is 12.5 Å². The molecule has 1 fully saturated rings. The molecule has 0 aromatic rings. The average molecular weight is 199 g/mol. The van der Waals surface area contributed by atoms with Crippen molar-refractivity contribution in [2.24, 2.45) is 5.92 Å². The molecule has 0 aliphatic carbocycles. The van der Waals surface area contributed by atoms with Crippen LogP contribution in [0.25, 0.3) is 0 Å². The number of ether oxygens (including phenoxy) is 1. The Balaban J connectivity index is 2.59. The Bertz CT molecular complexity index is 168. The summed E-state index contributed by atoms with van der Waals surface area (Å²) in [6, 6.07) is 0. The van der Waals surface area contributed by atoms with E-state index in [-0.39, 0.29) is 5.60 Å². The van der Waals surface area contributed by atoms with Crippen molar-refractivity contribution in [3.05, 3.63) is 0 Å². The summed E-state index contributed by atoms with van der Waals surface area (Å²) in [6.45, 7) is 10.4. The normalized spacial score (nSPS) is 29.8. The van der Waals surface area contributed by atoms with E-state index in [1.807, 2.05) is 7.11 Å². The molecule has 1 saturated heterocycles. The molecule has 0 N–H and O–H groups in total. The van der Waals surface area contributed by atoms with Crippen molar-refractivity contribution < 1.29 is 4.74 Å². The van der Waals surface area contributed by atoms with Crippen LogP contribution in [0.5, 0.6) is 0 Å². The molecule has 1 aliphatic rings. The van der Waals surface area contributed by atoms with Crippen molar-refractivity contribution in [1.29, 1.82) is 0 Å². The summed E-state index contributed by atoms with van der Waals surface area (Å²) in [5.74, 6) is 0.618. The predicted octanol–water partition coefficient (Wildman–Crippen LogP) is 2.53. The van der Waals surface area contributed by atoms with Gasteiger partial charge in [0.25, 0.3) is 0 Å². The summed E-state index contributed by atoms with van der Waals surface area (Å²) in [4.78, 5) is 2.55. The third kappa shape index (κ3) is 2.48. The fourth-order valence-electron chi connectivity index (χ4n) is 2.52. The molecule has 1 rings (SSSR count). The van der Waals surface area contributed by atoms with Gasteiger partial charge in [0.2, 0.25) is 0 Å². The zero-order valence-electron chi connectivity index (χ0n) is 10.2. The van der Waals surface area contributed by atoms with Crippen molar-refractivity contribution in [1.82, 2.24) is 4.90 Å². The predicted molar refractivity (Wildman–Crippen MR) is 60.5 cm³/mol. The largest absolute Gasteiger partial charge is 0.377 e. The van der Waals surface area contributed by atoms with E-state index in [1.165, 1.54) is 32.4 Å². The minimum Gasteiger partial charge on any atom is -0.377 e. The van der Waals surface area contributed by atoms with Crippen molar-refractivity contribution in [2.45, 2.75) is 45.6 Å². The summed E-state index contributed by atoms with van der Waals surface area (Å²) in [7, 11) is 1.87. The van der Waals surface area contributed by atoms with E-state index >= 15 is 0 Å². The van der Waals surface area contributed by atoms with Crippen LogP contribution in [-0.2, 0) is 4.74 Å². The lowest BCUT2D eigenvalue weighted by Gasteiger charge is -2.44. The summed E-state index contributed by atoms with van der Waals surface area (Å²) in [6.07, 6.45) is 3.76. The van der Waals surface area contributed by atoms with Gasteiger partial charge in [-0.1, -0.05) is 20.8 Å². The Morgan fingerprint density at radius 1 is 1.43 bits per heavy atom. The Morgan fingerprint density at radius 2 is 2.14 bits per heavy atom. The first-order valence-electron chi connectivity index (χ1n) is 5.92. The number of methoxy groups -OCH3 is 1. The lowest BCUT2D eigenvalue weighted by molar-refractivity contribution is -0.0949. The average Bonchev–Trinajstić information content (AvgIpc) is 2.18. The number of piperidine rings is 1. The molecule has 0 spiro atoms. The summed E-state index contributed by atoms with van der Waals surface area (Å²) < 4.78 is 5.78. The SMILES string of the molecule is CCCN1CCCC(OC)(C(C)C)C1. The molecular weight excluding hydrogens is 174 g/mol. The minimum absolute atomic E-state index is 0.118. The fraction of sp³-hybridized carbons (Fsp3) is 1.00. The molecule has 1 atom stereocenters. The zero-order valence-corrected chi connectivity index (χ0v) is 10.2. The van der Waals surface area contributed by atoms with Crippen LogP contribution < -0.4 is 0 Å². The van der Waals surface area contributed by atoms with E-state index in [2.05, 4.69) is 25.7 Å². The zero-order chi connectivity index (χ0) is 10.6. The summed E-state index contributed by atoms with van der Waals surface area (Å²) >= 11 is 0. The first-order valence-corrected chi connectivity index (χ1v) is 5.92. The van der Waals surface area contributed by atoms with Gasteiger partial charge in [-0.05, 0) is 38.3 Å². The summed E-state index contributed by atoms with van der Waals surface area (Å²) in [5, 5.41) is 0. The molecule has 1 unspecified atom stereocenters. The monoisotopic (exact) mass is 199 g/mol. The quantitative estimate of drug-likeness (QED) is 0.690. The molecule has 0 bridgehead atoms. The van der Waals surface area contributed by atoms with Gasteiger partial charge in [-0.25, -0.2) is 0 Å². The Kier molecular flexibility index (Phi) is 4.39. The highest BCUT2D eigenvalue weighted by molar-refractivity contribution is 4.91. The maximum Gasteiger partial charge on any atom is 0.0828 e. The fourth-order valence-corrected chi connectivity index (χ4v) is 2.52.